The minimum atomic E-state index is -0.0907. The molecular formula is C15H19N5O2. The highest BCUT2D eigenvalue weighted by Gasteiger charge is 2.32. The van der Waals surface area contributed by atoms with Crippen molar-refractivity contribution in [1.82, 2.24) is 25.5 Å². The van der Waals surface area contributed by atoms with Crippen molar-refractivity contribution in [3.05, 3.63) is 36.2 Å². The van der Waals surface area contributed by atoms with Crippen LogP contribution in [0.3, 0.4) is 0 Å². The zero-order valence-corrected chi connectivity index (χ0v) is 12.5. The highest BCUT2D eigenvalue weighted by molar-refractivity contribution is 5.75. The molecule has 1 aliphatic carbocycles. The Morgan fingerprint density at radius 1 is 1.41 bits per heavy atom. The van der Waals surface area contributed by atoms with Crippen LogP contribution in [0.15, 0.2) is 30.3 Å². The number of para-hydroxylation sites is 1. The number of amides is 1. The third-order valence-corrected chi connectivity index (χ3v) is 3.73. The maximum Gasteiger partial charge on any atom is 0.243 e. The van der Waals surface area contributed by atoms with E-state index in [-0.39, 0.29) is 19.1 Å². The first kappa shape index (κ1) is 14.5. The molecule has 1 heterocycles. The van der Waals surface area contributed by atoms with Gasteiger partial charge in [0.05, 0.1) is 0 Å². The second kappa shape index (κ2) is 6.55. The predicted octanol–water partition coefficient (Wildman–Crippen LogP) is 1.02. The molecule has 7 nitrogen and oxygen atoms in total. The monoisotopic (exact) mass is 301 g/mol. The number of ether oxygens (including phenoxy) is 1. The minimum Gasteiger partial charge on any atom is -0.485 e. The third-order valence-electron chi connectivity index (χ3n) is 3.73. The van der Waals surface area contributed by atoms with Crippen LogP contribution in [0.2, 0.25) is 0 Å². The van der Waals surface area contributed by atoms with E-state index in [9.17, 15) is 4.79 Å². The van der Waals surface area contributed by atoms with Crippen LogP contribution in [-0.2, 0) is 17.9 Å². The molecule has 22 heavy (non-hydrogen) atoms. The first-order valence-electron chi connectivity index (χ1n) is 7.42. The van der Waals surface area contributed by atoms with Crippen molar-refractivity contribution >= 4 is 5.91 Å². The van der Waals surface area contributed by atoms with Gasteiger partial charge < -0.3 is 10.1 Å². The summed E-state index contributed by atoms with van der Waals surface area (Å²) in [6.45, 7) is 3.23. The van der Waals surface area contributed by atoms with E-state index in [0.717, 1.165) is 18.2 Å². The summed E-state index contributed by atoms with van der Waals surface area (Å²) in [5.74, 6) is 2.46. The average molecular weight is 301 g/mol. The molecule has 116 valence electrons. The van der Waals surface area contributed by atoms with Crippen LogP contribution in [0.1, 0.15) is 19.2 Å². The molecule has 1 fully saturated rings. The Labute approximate surface area is 128 Å². The SMILES string of the molecule is C[C@H]1C[C@@H]1CNC(=O)Cn1nnc(COc2ccccc2)n1. The van der Waals surface area contributed by atoms with Gasteiger partial charge >= 0.3 is 0 Å². The molecule has 1 saturated carbocycles. The fourth-order valence-corrected chi connectivity index (χ4v) is 2.18. The van der Waals surface area contributed by atoms with Gasteiger partial charge in [0.15, 0.2) is 6.61 Å². The number of rotatable bonds is 7. The van der Waals surface area contributed by atoms with Crippen molar-refractivity contribution < 1.29 is 9.53 Å². The molecule has 0 spiro atoms. The maximum absolute atomic E-state index is 11.8. The van der Waals surface area contributed by atoms with E-state index in [1.165, 1.54) is 11.2 Å². The zero-order valence-electron chi connectivity index (χ0n) is 12.5. The van der Waals surface area contributed by atoms with Crippen LogP contribution in [0.5, 0.6) is 5.75 Å². The first-order chi connectivity index (χ1) is 10.7. The molecule has 1 aromatic carbocycles. The fourth-order valence-electron chi connectivity index (χ4n) is 2.18. The number of nitrogens with zero attached hydrogens (tertiary/aromatic N) is 4. The Balaban J connectivity index is 1.43. The minimum absolute atomic E-state index is 0.0828. The van der Waals surface area contributed by atoms with Gasteiger partial charge in [-0.25, -0.2) is 0 Å². The molecule has 1 aliphatic rings. The Morgan fingerprint density at radius 2 is 2.18 bits per heavy atom. The normalized spacial score (nSPS) is 19.7. The van der Waals surface area contributed by atoms with Gasteiger partial charge in [-0.1, -0.05) is 25.1 Å². The molecule has 1 N–H and O–H groups in total. The number of carbonyl (C=O) groups is 1. The standard InChI is InChI=1S/C15H19N5O2/c1-11-7-12(11)8-16-15(21)9-20-18-14(17-19-20)10-22-13-5-3-2-4-6-13/h2-6,11-12H,7-10H2,1H3,(H,16,21)/t11-,12+/m0/s1. The Morgan fingerprint density at radius 3 is 2.91 bits per heavy atom. The lowest BCUT2D eigenvalue weighted by atomic mass is 10.3. The van der Waals surface area contributed by atoms with Crippen molar-refractivity contribution in [2.45, 2.75) is 26.5 Å². The summed E-state index contributed by atoms with van der Waals surface area (Å²) < 4.78 is 5.53. The van der Waals surface area contributed by atoms with Gasteiger partial charge in [-0.2, -0.15) is 4.80 Å². The van der Waals surface area contributed by atoms with Crippen molar-refractivity contribution in [2.75, 3.05) is 6.54 Å². The summed E-state index contributed by atoms with van der Waals surface area (Å²) in [5, 5.41) is 14.8. The number of benzene rings is 1. The number of tetrazole rings is 1. The Kier molecular flexibility index (Phi) is 4.32. The summed E-state index contributed by atoms with van der Waals surface area (Å²) in [6.07, 6.45) is 1.20. The van der Waals surface area contributed by atoms with E-state index in [4.69, 9.17) is 4.74 Å². The molecule has 7 heteroatoms. The molecule has 0 radical (unpaired) electrons. The zero-order chi connectivity index (χ0) is 15.4. The smallest absolute Gasteiger partial charge is 0.243 e. The summed E-state index contributed by atoms with van der Waals surface area (Å²) in [6, 6.07) is 9.42. The highest BCUT2D eigenvalue weighted by Crippen LogP contribution is 2.36. The van der Waals surface area contributed by atoms with Gasteiger partial charge in [-0.05, 0) is 35.6 Å². The van der Waals surface area contributed by atoms with E-state index >= 15 is 0 Å². The van der Waals surface area contributed by atoms with E-state index in [1.807, 2.05) is 30.3 Å². The molecule has 0 saturated heterocycles. The first-order valence-corrected chi connectivity index (χ1v) is 7.42. The topological polar surface area (TPSA) is 81.9 Å². The van der Waals surface area contributed by atoms with Crippen LogP contribution < -0.4 is 10.1 Å². The third kappa shape index (κ3) is 4.03. The lowest BCUT2D eigenvalue weighted by Crippen LogP contribution is -2.30. The van der Waals surface area contributed by atoms with E-state index in [0.29, 0.717) is 11.7 Å². The van der Waals surface area contributed by atoms with Crippen molar-refractivity contribution in [1.29, 1.82) is 0 Å². The van der Waals surface area contributed by atoms with Gasteiger partial charge in [-0.3, -0.25) is 4.79 Å². The van der Waals surface area contributed by atoms with Crippen LogP contribution >= 0.6 is 0 Å². The summed E-state index contributed by atoms with van der Waals surface area (Å²) in [7, 11) is 0. The second-order valence-electron chi connectivity index (χ2n) is 5.61. The van der Waals surface area contributed by atoms with Gasteiger partial charge in [0.25, 0.3) is 0 Å². The number of hydrogen-bond donors (Lipinski definition) is 1. The number of nitrogens with one attached hydrogen (secondary N) is 1. The number of carbonyl (C=O) groups excluding carboxylic acids is 1. The molecule has 2 aromatic rings. The molecule has 0 unspecified atom stereocenters. The highest BCUT2D eigenvalue weighted by atomic mass is 16.5. The molecule has 2 atom stereocenters. The largest absolute Gasteiger partial charge is 0.485 e. The summed E-state index contributed by atoms with van der Waals surface area (Å²) >= 11 is 0. The summed E-state index contributed by atoms with van der Waals surface area (Å²) in [5.41, 5.74) is 0. The van der Waals surface area contributed by atoms with Crippen LogP contribution in [-0.4, -0.2) is 32.7 Å². The Hall–Kier alpha value is -2.44. The summed E-state index contributed by atoms with van der Waals surface area (Å²) in [4.78, 5) is 13.1. The van der Waals surface area contributed by atoms with E-state index in [2.05, 4.69) is 27.7 Å². The fraction of sp³-hybridized carbons (Fsp3) is 0.467. The van der Waals surface area contributed by atoms with Gasteiger partial charge in [0.1, 0.15) is 12.3 Å². The molecule has 0 aliphatic heterocycles. The van der Waals surface area contributed by atoms with Crippen LogP contribution in [0.4, 0.5) is 0 Å². The van der Waals surface area contributed by atoms with E-state index in [1.54, 1.807) is 0 Å². The maximum atomic E-state index is 11.8. The molecule has 1 amide bonds. The molecule has 0 bridgehead atoms. The molecule has 3 rings (SSSR count). The van der Waals surface area contributed by atoms with Crippen molar-refractivity contribution in [2.24, 2.45) is 11.8 Å². The molecule has 1 aromatic heterocycles. The van der Waals surface area contributed by atoms with Crippen molar-refractivity contribution in [3.63, 3.8) is 0 Å². The van der Waals surface area contributed by atoms with E-state index < -0.39 is 0 Å². The lowest BCUT2D eigenvalue weighted by molar-refractivity contribution is -0.122. The Bertz CT molecular complexity index is 628. The van der Waals surface area contributed by atoms with Crippen LogP contribution in [0.25, 0.3) is 0 Å². The van der Waals surface area contributed by atoms with Gasteiger partial charge in [0, 0.05) is 6.54 Å². The van der Waals surface area contributed by atoms with Crippen molar-refractivity contribution in [3.8, 4) is 5.75 Å². The number of aromatic nitrogens is 4. The van der Waals surface area contributed by atoms with Gasteiger partial charge in [-0.15, -0.1) is 10.2 Å². The average Bonchev–Trinajstić information content (AvgIpc) is 3.05. The quantitative estimate of drug-likeness (QED) is 0.826. The van der Waals surface area contributed by atoms with Gasteiger partial charge in [0.2, 0.25) is 11.7 Å². The lowest BCUT2D eigenvalue weighted by Gasteiger charge is -2.03. The predicted molar refractivity (Wildman–Crippen MR) is 78.9 cm³/mol. The van der Waals surface area contributed by atoms with Crippen LogP contribution in [0, 0.1) is 11.8 Å². The molecular weight excluding hydrogens is 282 g/mol. The number of hydrogen-bond acceptors (Lipinski definition) is 5. The second-order valence-corrected chi connectivity index (χ2v) is 5.61.